The van der Waals surface area contributed by atoms with Gasteiger partial charge in [-0.05, 0) is 42.7 Å². The van der Waals surface area contributed by atoms with Crippen molar-refractivity contribution in [2.75, 3.05) is 38.2 Å². The van der Waals surface area contributed by atoms with Crippen LogP contribution in [0.3, 0.4) is 0 Å². The van der Waals surface area contributed by atoms with E-state index in [2.05, 4.69) is 4.90 Å². The van der Waals surface area contributed by atoms with Gasteiger partial charge in [-0.1, -0.05) is 66.7 Å². The molecule has 0 aromatic heterocycles. The standard InChI is InChI=1S/C30H33N3O4/c1-36-27-20-31(21-28(34)33(25-14-7-3-8-15-25)26-16-9-4-10-17-26)23-30(27)18-11-19-32(30)29(35)37-22-24-12-5-2-6-13-24/h2-10,12-17,27H,11,18-23H2,1H3/t27-,30-/m0/s1. The minimum absolute atomic E-state index is 0.0273. The van der Waals surface area contributed by atoms with Crippen molar-refractivity contribution < 1.29 is 19.1 Å². The summed E-state index contributed by atoms with van der Waals surface area (Å²) in [4.78, 5) is 32.6. The third kappa shape index (κ3) is 5.24. The SMILES string of the molecule is CO[C@H]1CN(CC(=O)N(c2ccccc2)c2ccccc2)C[C@@]12CCCN2C(=O)OCc1ccccc1. The van der Waals surface area contributed by atoms with Crippen molar-refractivity contribution in [3.63, 3.8) is 0 Å². The van der Waals surface area contributed by atoms with Crippen molar-refractivity contribution in [2.24, 2.45) is 0 Å². The maximum absolute atomic E-state index is 13.7. The first-order valence-corrected chi connectivity index (χ1v) is 12.8. The quantitative estimate of drug-likeness (QED) is 0.465. The molecule has 5 rings (SSSR count). The Bertz CT molecular complexity index is 1150. The van der Waals surface area contributed by atoms with Gasteiger partial charge < -0.3 is 9.47 Å². The monoisotopic (exact) mass is 499 g/mol. The molecule has 2 heterocycles. The Labute approximate surface area is 218 Å². The minimum atomic E-state index is -0.507. The van der Waals surface area contributed by atoms with E-state index in [1.807, 2.05) is 95.9 Å². The molecule has 0 saturated carbocycles. The highest BCUT2D eigenvalue weighted by atomic mass is 16.6. The van der Waals surface area contributed by atoms with Crippen LogP contribution < -0.4 is 4.90 Å². The molecule has 7 heteroatoms. The Morgan fingerprint density at radius 2 is 1.51 bits per heavy atom. The van der Waals surface area contributed by atoms with Gasteiger partial charge in [0.15, 0.2) is 0 Å². The molecule has 7 nitrogen and oxygen atoms in total. The molecule has 2 atom stereocenters. The van der Waals surface area contributed by atoms with Crippen molar-refractivity contribution in [1.29, 1.82) is 0 Å². The molecule has 2 saturated heterocycles. The van der Waals surface area contributed by atoms with Crippen molar-refractivity contribution >= 4 is 23.4 Å². The summed E-state index contributed by atoms with van der Waals surface area (Å²) in [7, 11) is 1.68. The summed E-state index contributed by atoms with van der Waals surface area (Å²) in [6.07, 6.45) is 1.17. The molecule has 3 aromatic carbocycles. The third-order valence-electron chi connectivity index (χ3n) is 7.40. The summed E-state index contributed by atoms with van der Waals surface area (Å²) >= 11 is 0. The lowest BCUT2D eigenvalue weighted by molar-refractivity contribution is -0.118. The number of carbonyl (C=O) groups excluding carboxylic acids is 2. The molecule has 2 fully saturated rings. The van der Waals surface area contributed by atoms with E-state index in [1.165, 1.54) is 0 Å². The van der Waals surface area contributed by atoms with Crippen LogP contribution in [0, 0.1) is 0 Å². The average molecular weight is 500 g/mol. The van der Waals surface area contributed by atoms with Crippen molar-refractivity contribution in [2.45, 2.75) is 31.1 Å². The lowest BCUT2D eigenvalue weighted by Crippen LogP contribution is -2.56. The fraction of sp³-hybridized carbons (Fsp3) is 0.333. The number of hydrogen-bond donors (Lipinski definition) is 0. The fourth-order valence-corrected chi connectivity index (χ4v) is 5.70. The normalized spacial score (nSPS) is 21.3. The van der Waals surface area contributed by atoms with Crippen molar-refractivity contribution in [1.82, 2.24) is 9.80 Å². The van der Waals surface area contributed by atoms with Gasteiger partial charge in [0.1, 0.15) is 6.61 Å². The molecule has 37 heavy (non-hydrogen) atoms. The molecule has 0 N–H and O–H groups in total. The fourth-order valence-electron chi connectivity index (χ4n) is 5.70. The summed E-state index contributed by atoms with van der Waals surface area (Å²) in [5.74, 6) is -0.0273. The van der Waals surface area contributed by atoms with Gasteiger partial charge in [0.2, 0.25) is 5.91 Å². The number of hydrogen-bond acceptors (Lipinski definition) is 5. The van der Waals surface area contributed by atoms with E-state index in [4.69, 9.17) is 9.47 Å². The zero-order chi connectivity index (χ0) is 25.7. The smallest absolute Gasteiger partial charge is 0.410 e. The summed E-state index contributed by atoms with van der Waals surface area (Å²) in [6, 6.07) is 29.1. The van der Waals surface area contributed by atoms with E-state index in [-0.39, 0.29) is 31.3 Å². The number of benzene rings is 3. The van der Waals surface area contributed by atoms with Gasteiger partial charge in [0.25, 0.3) is 0 Å². The maximum atomic E-state index is 13.7. The van der Waals surface area contributed by atoms with Crippen LogP contribution in [-0.2, 0) is 20.9 Å². The first-order chi connectivity index (χ1) is 18.1. The minimum Gasteiger partial charge on any atom is -0.445 e. The largest absolute Gasteiger partial charge is 0.445 e. The van der Waals surface area contributed by atoms with Crippen LogP contribution in [-0.4, -0.2) is 66.7 Å². The van der Waals surface area contributed by atoms with E-state index in [9.17, 15) is 9.59 Å². The lowest BCUT2D eigenvalue weighted by Gasteiger charge is -2.38. The average Bonchev–Trinajstić information content (AvgIpc) is 3.52. The second-order valence-electron chi connectivity index (χ2n) is 9.69. The van der Waals surface area contributed by atoms with Gasteiger partial charge in [-0.2, -0.15) is 0 Å². The number of nitrogens with zero attached hydrogens (tertiary/aromatic N) is 3. The molecular formula is C30H33N3O4. The van der Waals surface area contributed by atoms with E-state index in [0.717, 1.165) is 29.8 Å². The van der Waals surface area contributed by atoms with Crippen LogP contribution >= 0.6 is 0 Å². The van der Waals surface area contributed by atoms with E-state index >= 15 is 0 Å². The summed E-state index contributed by atoms with van der Waals surface area (Å²) in [5.41, 5.74) is 2.09. The Kier molecular flexibility index (Phi) is 7.53. The van der Waals surface area contributed by atoms with Gasteiger partial charge in [0, 0.05) is 38.1 Å². The van der Waals surface area contributed by atoms with Crippen LogP contribution in [0.15, 0.2) is 91.0 Å². The summed E-state index contributed by atoms with van der Waals surface area (Å²) < 4.78 is 11.6. The molecule has 0 aliphatic carbocycles. The number of para-hydroxylation sites is 2. The van der Waals surface area contributed by atoms with Gasteiger partial charge in [-0.15, -0.1) is 0 Å². The Morgan fingerprint density at radius 1 is 0.919 bits per heavy atom. The van der Waals surface area contributed by atoms with Crippen LogP contribution in [0.2, 0.25) is 0 Å². The van der Waals surface area contributed by atoms with Gasteiger partial charge >= 0.3 is 6.09 Å². The molecule has 2 aliphatic heterocycles. The Hall–Kier alpha value is -3.68. The molecule has 2 aliphatic rings. The number of carbonyl (C=O) groups is 2. The Balaban J connectivity index is 1.31. The Morgan fingerprint density at radius 3 is 2.11 bits per heavy atom. The second kappa shape index (κ2) is 11.2. The number of anilines is 2. The number of likely N-dealkylation sites (tertiary alicyclic amines) is 2. The molecule has 2 amide bonds. The molecule has 192 valence electrons. The lowest BCUT2D eigenvalue weighted by atomic mass is 9.92. The zero-order valence-electron chi connectivity index (χ0n) is 21.2. The number of amides is 2. The molecule has 0 radical (unpaired) electrons. The van der Waals surface area contributed by atoms with Crippen LogP contribution in [0.25, 0.3) is 0 Å². The van der Waals surface area contributed by atoms with E-state index < -0.39 is 5.54 Å². The second-order valence-corrected chi connectivity index (χ2v) is 9.69. The maximum Gasteiger partial charge on any atom is 0.410 e. The highest BCUT2D eigenvalue weighted by molar-refractivity contribution is 6.01. The molecule has 3 aromatic rings. The number of methoxy groups -OCH3 is 1. The van der Waals surface area contributed by atoms with Crippen LogP contribution in [0.4, 0.5) is 16.2 Å². The van der Waals surface area contributed by atoms with E-state index in [1.54, 1.807) is 12.0 Å². The van der Waals surface area contributed by atoms with Crippen molar-refractivity contribution in [3.05, 3.63) is 96.6 Å². The molecule has 0 bridgehead atoms. The highest BCUT2D eigenvalue weighted by Gasteiger charge is 2.55. The number of rotatable bonds is 7. The predicted molar refractivity (Wildman–Crippen MR) is 143 cm³/mol. The number of ether oxygens (including phenoxy) is 2. The zero-order valence-corrected chi connectivity index (χ0v) is 21.2. The first-order valence-electron chi connectivity index (χ1n) is 12.8. The predicted octanol–water partition coefficient (Wildman–Crippen LogP) is 4.85. The first kappa shape index (κ1) is 25.0. The molecule has 1 spiro atoms. The van der Waals surface area contributed by atoms with Gasteiger partial charge in [0.05, 0.1) is 18.2 Å². The molecular weight excluding hydrogens is 466 g/mol. The highest BCUT2D eigenvalue weighted by Crippen LogP contribution is 2.40. The van der Waals surface area contributed by atoms with E-state index in [0.29, 0.717) is 19.6 Å². The topological polar surface area (TPSA) is 62.3 Å². The summed E-state index contributed by atoms with van der Waals surface area (Å²) in [5, 5.41) is 0. The van der Waals surface area contributed by atoms with Crippen molar-refractivity contribution in [3.8, 4) is 0 Å². The molecule has 0 unspecified atom stereocenters. The van der Waals surface area contributed by atoms with Crippen LogP contribution in [0.1, 0.15) is 18.4 Å². The van der Waals surface area contributed by atoms with Gasteiger partial charge in [-0.25, -0.2) is 4.79 Å². The third-order valence-corrected chi connectivity index (χ3v) is 7.40. The summed E-state index contributed by atoms with van der Waals surface area (Å²) in [6.45, 7) is 2.21. The van der Waals surface area contributed by atoms with Crippen LogP contribution in [0.5, 0.6) is 0 Å². The van der Waals surface area contributed by atoms with Gasteiger partial charge in [-0.3, -0.25) is 19.5 Å².